The molecule has 0 aliphatic carbocycles. The van der Waals surface area contributed by atoms with Crippen LogP contribution in [0.4, 0.5) is 9.18 Å². The third kappa shape index (κ3) is 5.84. The molecule has 0 fully saturated rings. The number of carbonyl (C=O) groups excluding carboxylic acids is 1. The molecule has 0 saturated carbocycles. The van der Waals surface area contributed by atoms with Crippen molar-refractivity contribution in [2.24, 2.45) is 5.73 Å². The number of hydrogen-bond donors (Lipinski definition) is 2. The maximum Gasteiger partial charge on any atom is 0.407 e. The highest BCUT2D eigenvalue weighted by Crippen LogP contribution is 2.12. The number of rotatable bonds is 4. The van der Waals surface area contributed by atoms with Crippen molar-refractivity contribution in [2.75, 3.05) is 6.54 Å². The predicted octanol–water partition coefficient (Wildman–Crippen LogP) is 2.82. The van der Waals surface area contributed by atoms with Crippen LogP contribution >= 0.6 is 0 Å². The third-order valence-electron chi connectivity index (χ3n) is 2.36. The van der Waals surface area contributed by atoms with Gasteiger partial charge in [0.2, 0.25) is 0 Å². The van der Waals surface area contributed by atoms with Crippen molar-refractivity contribution in [1.82, 2.24) is 5.32 Å². The van der Waals surface area contributed by atoms with Crippen LogP contribution in [0.5, 0.6) is 0 Å². The number of nitrogens with one attached hydrogen (secondary N) is 1. The first-order valence-corrected chi connectivity index (χ1v) is 6.44. The molecule has 0 aromatic heterocycles. The lowest BCUT2D eigenvalue weighted by Crippen LogP contribution is -2.32. The minimum Gasteiger partial charge on any atom is -0.444 e. The highest BCUT2D eigenvalue weighted by atomic mass is 19.1. The molecular weight excluding hydrogens is 259 g/mol. The Balaban J connectivity index is 2.51. The first kappa shape index (κ1) is 16.2. The van der Waals surface area contributed by atoms with Crippen LogP contribution in [0.3, 0.4) is 0 Å². The summed E-state index contributed by atoms with van der Waals surface area (Å²) < 4.78 is 18.6. The van der Waals surface area contributed by atoms with Crippen LogP contribution < -0.4 is 11.1 Å². The molecule has 1 rings (SSSR count). The van der Waals surface area contributed by atoms with Gasteiger partial charge in [0.25, 0.3) is 0 Å². The topological polar surface area (TPSA) is 64.3 Å². The standard InChI is InChI=1S/C15H21FN2O2/c1-15(2,3)20-14(19)18-8-4-5-12-9-11(10-17)6-7-13(12)16/h4-7,9H,8,10,17H2,1-3H3,(H,18,19). The number of amides is 1. The van der Waals surface area contributed by atoms with Crippen LogP contribution in [0.1, 0.15) is 31.9 Å². The highest BCUT2D eigenvalue weighted by molar-refractivity contribution is 5.68. The Morgan fingerprint density at radius 3 is 2.75 bits per heavy atom. The van der Waals surface area contributed by atoms with Gasteiger partial charge in [0.1, 0.15) is 11.4 Å². The molecule has 0 atom stereocenters. The second-order valence-corrected chi connectivity index (χ2v) is 5.35. The van der Waals surface area contributed by atoms with Gasteiger partial charge in [-0.3, -0.25) is 0 Å². The van der Waals surface area contributed by atoms with Gasteiger partial charge in [0.05, 0.1) is 0 Å². The van der Waals surface area contributed by atoms with Crippen LogP contribution in [0.15, 0.2) is 24.3 Å². The molecule has 0 unspecified atom stereocenters. The molecule has 0 radical (unpaired) electrons. The summed E-state index contributed by atoms with van der Waals surface area (Å²) in [7, 11) is 0. The number of benzene rings is 1. The van der Waals surface area contributed by atoms with Crippen LogP contribution in [0, 0.1) is 5.82 Å². The van der Waals surface area contributed by atoms with Crippen molar-refractivity contribution in [3.63, 3.8) is 0 Å². The Morgan fingerprint density at radius 2 is 2.15 bits per heavy atom. The Kier molecular flexibility index (Phi) is 5.70. The van der Waals surface area contributed by atoms with Gasteiger partial charge in [-0.15, -0.1) is 0 Å². The Bertz CT molecular complexity index is 493. The maximum atomic E-state index is 13.5. The van der Waals surface area contributed by atoms with Crippen molar-refractivity contribution < 1.29 is 13.9 Å². The first-order valence-electron chi connectivity index (χ1n) is 6.44. The molecule has 0 heterocycles. The summed E-state index contributed by atoms with van der Waals surface area (Å²) in [5, 5.41) is 2.56. The van der Waals surface area contributed by atoms with Crippen molar-refractivity contribution in [3.05, 3.63) is 41.2 Å². The largest absolute Gasteiger partial charge is 0.444 e. The van der Waals surface area contributed by atoms with E-state index in [2.05, 4.69) is 5.32 Å². The molecule has 110 valence electrons. The van der Waals surface area contributed by atoms with Crippen LogP contribution in [-0.2, 0) is 11.3 Å². The number of alkyl carbamates (subject to hydrolysis) is 1. The van der Waals surface area contributed by atoms with E-state index in [1.165, 1.54) is 6.07 Å². The second-order valence-electron chi connectivity index (χ2n) is 5.35. The molecule has 5 heteroatoms. The molecule has 1 aromatic rings. The molecule has 0 aliphatic heterocycles. The molecular formula is C15H21FN2O2. The Hall–Kier alpha value is -1.88. The average molecular weight is 280 g/mol. The van der Waals surface area contributed by atoms with E-state index in [4.69, 9.17) is 10.5 Å². The van der Waals surface area contributed by atoms with Gasteiger partial charge in [-0.1, -0.05) is 18.2 Å². The minimum absolute atomic E-state index is 0.265. The lowest BCUT2D eigenvalue weighted by atomic mass is 10.1. The van der Waals surface area contributed by atoms with Crippen LogP contribution in [0.25, 0.3) is 6.08 Å². The molecule has 4 nitrogen and oxygen atoms in total. The monoisotopic (exact) mass is 280 g/mol. The summed E-state index contributed by atoms with van der Waals surface area (Å²) >= 11 is 0. The number of hydrogen-bond acceptors (Lipinski definition) is 3. The Labute approximate surface area is 118 Å². The van der Waals surface area contributed by atoms with Crippen LogP contribution in [0.2, 0.25) is 0 Å². The van der Waals surface area contributed by atoms with Crippen molar-refractivity contribution in [3.8, 4) is 0 Å². The molecule has 1 amide bonds. The maximum absolute atomic E-state index is 13.5. The molecule has 20 heavy (non-hydrogen) atoms. The predicted molar refractivity (Wildman–Crippen MR) is 77.6 cm³/mol. The zero-order valence-corrected chi connectivity index (χ0v) is 12.1. The van der Waals surface area contributed by atoms with Gasteiger partial charge < -0.3 is 15.8 Å². The summed E-state index contributed by atoms with van der Waals surface area (Å²) in [6.07, 6.45) is 2.76. The van der Waals surface area contributed by atoms with Gasteiger partial charge in [0, 0.05) is 18.7 Å². The van der Waals surface area contributed by atoms with E-state index >= 15 is 0 Å². The molecule has 1 aromatic carbocycles. The van der Waals surface area contributed by atoms with E-state index in [0.717, 1.165) is 5.56 Å². The zero-order chi connectivity index (χ0) is 15.2. The van der Waals surface area contributed by atoms with Crippen molar-refractivity contribution in [2.45, 2.75) is 32.9 Å². The lowest BCUT2D eigenvalue weighted by Gasteiger charge is -2.19. The fourth-order valence-electron chi connectivity index (χ4n) is 1.49. The summed E-state index contributed by atoms with van der Waals surface area (Å²) in [4.78, 5) is 11.4. The van der Waals surface area contributed by atoms with Gasteiger partial charge in [0.15, 0.2) is 0 Å². The summed E-state index contributed by atoms with van der Waals surface area (Å²) in [6.45, 7) is 5.99. The third-order valence-corrected chi connectivity index (χ3v) is 2.36. The van der Waals surface area contributed by atoms with Gasteiger partial charge >= 0.3 is 6.09 Å². The number of nitrogens with two attached hydrogens (primary N) is 1. The number of carbonyl (C=O) groups is 1. The van der Waals surface area contributed by atoms with Crippen molar-refractivity contribution >= 4 is 12.2 Å². The van der Waals surface area contributed by atoms with Crippen molar-refractivity contribution in [1.29, 1.82) is 0 Å². The fraction of sp³-hybridized carbons (Fsp3) is 0.400. The van der Waals surface area contributed by atoms with Gasteiger partial charge in [-0.05, 0) is 38.5 Å². The quantitative estimate of drug-likeness (QED) is 0.891. The van der Waals surface area contributed by atoms with E-state index < -0.39 is 11.7 Å². The van der Waals surface area contributed by atoms with E-state index in [-0.39, 0.29) is 12.4 Å². The smallest absolute Gasteiger partial charge is 0.407 e. The summed E-state index contributed by atoms with van der Waals surface area (Å²) in [5.41, 5.74) is 6.27. The van der Waals surface area contributed by atoms with Crippen LogP contribution in [-0.4, -0.2) is 18.2 Å². The van der Waals surface area contributed by atoms with Gasteiger partial charge in [-0.25, -0.2) is 9.18 Å². The Morgan fingerprint density at radius 1 is 1.45 bits per heavy atom. The average Bonchev–Trinajstić information content (AvgIpc) is 2.34. The molecule has 0 aliphatic rings. The SMILES string of the molecule is CC(C)(C)OC(=O)NCC=Cc1cc(CN)ccc1F. The van der Waals surface area contributed by atoms with E-state index in [1.54, 1.807) is 45.1 Å². The normalized spacial score (nSPS) is 11.7. The van der Waals surface area contributed by atoms with E-state index in [0.29, 0.717) is 12.1 Å². The van der Waals surface area contributed by atoms with E-state index in [9.17, 15) is 9.18 Å². The zero-order valence-electron chi connectivity index (χ0n) is 12.1. The molecule has 0 bridgehead atoms. The first-order chi connectivity index (χ1) is 9.31. The molecule has 0 saturated heterocycles. The summed E-state index contributed by atoms with van der Waals surface area (Å²) in [5.74, 6) is -0.323. The minimum atomic E-state index is -0.532. The molecule has 0 spiro atoms. The lowest BCUT2D eigenvalue weighted by molar-refractivity contribution is 0.0534. The fourth-order valence-corrected chi connectivity index (χ4v) is 1.49. The number of halogens is 1. The second kappa shape index (κ2) is 7.05. The highest BCUT2D eigenvalue weighted by Gasteiger charge is 2.14. The number of ether oxygens (including phenoxy) is 1. The van der Waals surface area contributed by atoms with E-state index in [1.807, 2.05) is 0 Å². The summed E-state index contributed by atoms with van der Waals surface area (Å²) in [6, 6.07) is 4.70. The molecule has 3 N–H and O–H groups in total. The van der Waals surface area contributed by atoms with Gasteiger partial charge in [-0.2, -0.15) is 0 Å².